The van der Waals surface area contributed by atoms with Crippen molar-refractivity contribution < 1.29 is 23.4 Å². The number of unbranched alkanes of at least 4 members (excludes halogenated alkanes) is 2. The van der Waals surface area contributed by atoms with E-state index in [9.17, 15) is 9.59 Å². The molecule has 0 aliphatic heterocycles. The molecule has 0 saturated carbocycles. The van der Waals surface area contributed by atoms with Gasteiger partial charge in [-0.05, 0) is 60.3 Å². The van der Waals surface area contributed by atoms with E-state index < -0.39 is 16.8 Å². The van der Waals surface area contributed by atoms with Crippen LogP contribution in [0, 0.1) is 10.8 Å². The first-order chi connectivity index (χ1) is 11.2. The summed E-state index contributed by atoms with van der Waals surface area (Å²) in [6.07, 6.45) is 5.15. The monoisotopic (exact) mass is 364 g/mol. The van der Waals surface area contributed by atoms with Gasteiger partial charge in [0.1, 0.15) is 11.9 Å². The molecule has 0 amide bonds. The molecule has 6 heteroatoms. The van der Waals surface area contributed by atoms with Gasteiger partial charge < -0.3 is 13.8 Å². The van der Waals surface area contributed by atoms with E-state index in [1.807, 2.05) is 34.6 Å². The van der Waals surface area contributed by atoms with Gasteiger partial charge in [0.2, 0.25) is 0 Å². The molecule has 0 N–H and O–H groups in total. The Bertz CT molecular complexity index is 380. The lowest BCUT2D eigenvalue weighted by molar-refractivity contribution is -0.153. The number of hydrogen-bond donors (Lipinski definition) is 0. The maximum Gasteiger partial charge on any atom is 0.330 e. The molecule has 0 aromatic heterocycles. The van der Waals surface area contributed by atoms with Crippen molar-refractivity contribution >= 4 is 23.8 Å². The van der Waals surface area contributed by atoms with E-state index in [1.54, 1.807) is 0 Å². The molecule has 0 aliphatic carbocycles. The fourth-order valence-electron chi connectivity index (χ4n) is 2.28. The summed E-state index contributed by atoms with van der Waals surface area (Å²) in [4.78, 5) is 23.2. The quantitative estimate of drug-likeness (QED) is 0.351. The molecule has 5 nitrogen and oxygen atoms in total. The van der Waals surface area contributed by atoms with Crippen molar-refractivity contribution in [3.05, 3.63) is 0 Å². The lowest BCUT2D eigenvalue weighted by Crippen LogP contribution is -2.26. The van der Waals surface area contributed by atoms with Gasteiger partial charge in [0.15, 0.2) is 0 Å². The highest BCUT2D eigenvalue weighted by molar-refractivity contribution is 6.13. The molecular weight excluding hydrogens is 332 g/mol. The zero-order chi connectivity index (χ0) is 18.6. The molecule has 0 heterocycles. The van der Waals surface area contributed by atoms with Crippen LogP contribution in [0.5, 0.6) is 0 Å². The summed E-state index contributed by atoms with van der Waals surface area (Å²) in [5, 5.41) is 0. The highest BCUT2D eigenvalue weighted by Gasteiger charge is 2.29. The number of carbonyl (C=O) groups is 2. The lowest BCUT2D eigenvalue weighted by atomic mass is 9.87. The van der Waals surface area contributed by atoms with E-state index in [4.69, 9.17) is 21.3 Å². The molecule has 0 fully saturated rings. The minimum absolute atomic E-state index is 0.135. The zero-order valence-electron chi connectivity index (χ0n) is 15.8. The summed E-state index contributed by atoms with van der Waals surface area (Å²) in [5.74, 6) is -0.529. The van der Waals surface area contributed by atoms with Crippen LogP contribution in [-0.4, -0.2) is 31.8 Å². The van der Waals surface area contributed by atoms with Crippen LogP contribution in [0.3, 0.4) is 0 Å². The smallest absolute Gasteiger partial charge is 0.330 e. The Morgan fingerprint density at radius 1 is 0.833 bits per heavy atom. The average molecular weight is 365 g/mol. The second-order valence-electron chi connectivity index (χ2n) is 7.38. The molecule has 0 aromatic rings. The first kappa shape index (κ1) is 23.2. The van der Waals surface area contributed by atoms with Crippen LogP contribution in [0.15, 0.2) is 0 Å². The predicted molar refractivity (Wildman–Crippen MR) is 94.7 cm³/mol. The molecule has 0 atom stereocenters. The molecule has 0 unspecified atom stereocenters. The van der Waals surface area contributed by atoms with Crippen LogP contribution in [0.2, 0.25) is 0 Å². The van der Waals surface area contributed by atoms with Gasteiger partial charge in [0.25, 0.3) is 0 Å². The number of hydrogen-bond acceptors (Lipinski definition) is 5. The SMILES string of the molecule is CCOC(=O)C(C)(C)CCCCOCCCCC(C)(C)C(=O)OCl. The fraction of sp³-hybridized carbons (Fsp3) is 0.889. The van der Waals surface area contributed by atoms with Gasteiger partial charge in [0, 0.05) is 13.2 Å². The first-order valence-corrected chi connectivity index (χ1v) is 9.06. The molecule has 0 spiro atoms. The highest BCUT2D eigenvalue weighted by Crippen LogP contribution is 2.26. The van der Waals surface area contributed by atoms with Crippen LogP contribution in [0.25, 0.3) is 0 Å². The van der Waals surface area contributed by atoms with E-state index in [0.29, 0.717) is 19.8 Å². The summed E-state index contributed by atoms with van der Waals surface area (Å²) < 4.78 is 14.9. The molecule has 0 bridgehead atoms. The van der Waals surface area contributed by atoms with Gasteiger partial charge in [-0.25, -0.2) is 4.79 Å². The third kappa shape index (κ3) is 9.48. The summed E-state index contributed by atoms with van der Waals surface area (Å²) in [7, 11) is 0. The Hall–Kier alpha value is -0.810. The van der Waals surface area contributed by atoms with Crippen molar-refractivity contribution in [2.24, 2.45) is 10.8 Å². The summed E-state index contributed by atoms with van der Waals surface area (Å²) >= 11 is 5.11. The van der Waals surface area contributed by atoms with Crippen LogP contribution in [0.1, 0.15) is 73.1 Å². The Labute approximate surface area is 151 Å². The number of esters is 1. The number of rotatable bonds is 13. The maximum atomic E-state index is 11.8. The van der Waals surface area contributed by atoms with Crippen molar-refractivity contribution in [2.75, 3.05) is 19.8 Å². The molecule has 0 rings (SSSR count). The van der Waals surface area contributed by atoms with E-state index in [1.165, 1.54) is 0 Å². The number of ether oxygens (including phenoxy) is 2. The Kier molecular flexibility index (Phi) is 11.3. The topological polar surface area (TPSA) is 61.8 Å². The van der Waals surface area contributed by atoms with E-state index in [2.05, 4.69) is 4.29 Å². The van der Waals surface area contributed by atoms with E-state index in [-0.39, 0.29) is 5.97 Å². The highest BCUT2D eigenvalue weighted by atomic mass is 35.5. The molecular formula is C18H33ClO5. The summed E-state index contributed by atoms with van der Waals surface area (Å²) in [5.41, 5.74) is -0.987. The molecule has 142 valence electrons. The maximum absolute atomic E-state index is 11.8. The summed E-state index contributed by atoms with van der Waals surface area (Å²) in [6.45, 7) is 11.1. The van der Waals surface area contributed by atoms with Crippen LogP contribution >= 0.6 is 11.9 Å². The number of halogens is 1. The summed E-state index contributed by atoms with van der Waals surface area (Å²) in [6, 6.07) is 0. The second kappa shape index (κ2) is 11.7. The molecule has 0 aliphatic rings. The van der Waals surface area contributed by atoms with Crippen molar-refractivity contribution in [1.29, 1.82) is 0 Å². The molecule has 24 heavy (non-hydrogen) atoms. The minimum Gasteiger partial charge on any atom is -0.466 e. The van der Waals surface area contributed by atoms with Gasteiger partial charge in [-0.2, -0.15) is 0 Å². The van der Waals surface area contributed by atoms with Crippen LogP contribution in [-0.2, 0) is 23.4 Å². The lowest BCUT2D eigenvalue weighted by Gasteiger charge is -2.22. The van der Waals surface area contributed by atoms with Crippen molar-refractivity contribution in [2.45, 2.75) is 73.1 Å². The third-order valence-electron chi connectivity index (χ3n) is 4.13. The average Bonchev–Trinajstić information content (AvgIpc) is 2.52. The molecule has 0 radical (unpaired) electrons. The van der Waals surface area contributed by atoms with Crippen molar-refractivity contribution in [3.8, 4) is 0 Å². The normalized spacial score (nSPS) is 12.1. The standard InChI is InChI=1S/C18H33ClO5/c1-6-23-15(20)17(2,3)11-7-9-13-22-14-10-8-12-18(4,5)16(21)24-19/h6-14H2,1-5H3. The third-order valence-corrected chi connectivity index (χ3v) is 4.27. The Balaban J connectivity index is 3.65. The minimum atomic E-state index is -0.555. The predicted octanol–water partition coefficient (Wildman–Crippen LogP) is 4.66. The van der Waals surface area contributed by atoms with Gasteiger partial charge in [-0.3, -0.25) is 4.79 Å². The Morgan fingerprint density at radius 3 is 1.71 bits per heavy atom. The van der Waals surface area contributed by atoms with Gasteiger partial charge in [0.05, 0.1) is 17.4 Å². The second-order valence-corrected chi connectivity index (χ2v) is 7.53. The van der Waals surface area contributed by atoms with Gasteiger partial charge >= 0.3 is 11.9 Å². The van der Waals surface area contributed by atoms with Crippen molar-refractivity contribution in [1.82, 2.24) is 0 Å². The van der Waals surface area contributed by atoms with Gasteiger partial charge in [-0.1, -0.05) is 12.8 Å². The molecule has 0 saturated heterocycles. The van der Waals surface area contributed by atoms with E-state index >= 15 is 0 Å². The largest absolute Gasteiger partial charge is 0.466 e. The molecule has 0 aromatic carbocycles. The number of carbonyl (C=O) groups excluding carboxylic acids is 2. The van der Waals surface area contributed by atoms with Crippen LogP contribution in [0.4, 0.5) is 0 Å². The van der Waals surface area contributed by atoms with Crippen LogP contribution < -0.4 is 0 Å². The Morgan fingerprint density at radius 2 is 1.29 bits per heavy atom. The van der Waals surface area contributed by atoms with Gasteiger partial charge in [-0.15, -0.1) is 0 Å². The fourth-order valence-corrected chi connectivity index (χ4v) is 2.49. The van der Waals surface area contributed by atoms with E-state index in [0.717, 1.165) is 38.5 Å². The first-order valence-electron chi connectivity index (χ1n) is 8.75. The van der Waals surface area contributed by atoms with Crippen molar-refractivity contribution in [3.63, 3.8) is 0 Å². The zero-order valence-corrected chi connectivity index (χ0v) is 16.5.